The van der Waals surface area contributed by atoms with Gasteiger partial charge in [-0.25, -0.2) is 0 Å². The van der Waals surface area contributed by atoms with Crippen molar-refractivity contribution < 1.29 is 27.9 Å². The molecule has 0 atom stereocenters. The van der Waals surface area contributed by atoms with Crippen LogP contribution in [-0.4, -0.2) is 13.6 Å². The van der Waals surface area contributed by atoms with Crippen LogP contribution in [-0.2, 0) is 27.9 Å². The van der Waals surface area contributed by atoms with Crippen LogP contribution in [0.25, 0.3) is 0 Å². The van der Waals surface area contributed by atoms with E-state index in [1.807, 2.05) is 29.8 Å². The number of carbonyl (C=O) groups excluding carboxylic acids is 2. The molecule has 0 amide bonds. The Morgan fingerprint density at radius 1 is 1.10 bits per heavy atom. The second-order valence-corrected chi connectivity index (χ2v) is 1.42. The van der Waals surface area contributed by atoms with Gasteiger partial charge < -0.3 is 0 Å². The first-order chi connectivity index (χ1) is 4.91. The van der Waals surface area contributed by atoms with Crippen LogP contribution < -0.4 is 0 Å². The van der Waals surface area contributed by atoms with Gasteiger partial charge in [-0.05, 0) is 0 Å². The van der Waals surface area contributed by atoms with Crippen LogP contribution in [0.1, 0.15) is 6.92 Å². The molecule has 3 heteroatoms. The van der Waals surface area contributed by atoms with Gasteiger partial charge in [0.1, 0.15) is 0 Å². The van der Waals surface area contributed by atoms with E-state index in [9.17, 15) is 0 Å². The van der Waals surface area contributed by atoms with E-state index >= 15 is 0 Å². The maximum absolute atomic E-state index is 7.50. The van der Waals surface area contributed by atoms with Crippen LogP contribution in [0.5, 0.6) is 0 Å². The molecule has 0 aromatic carbocycles. The van der Waals surface area contributed by atoms with E-state index in [4.69, 9.17) is 9.59 Å². The number of rotatable bonds is 1. The molecule has 0 spiro atoms. The first kappa shape index (κ1) is 16.2. The summed E-state index contributed by atoms with van der Waals surface area (Å²) in [6.07, 6.45) is 5.94. The van der Waals surface area contributed by atoms with Crippen molar-refractivity contribution in [3.63, 3.8) is 0 Å². The zero-order chi connectivity index (χ0) is 8.83. The number of hydrogen-bond acceptors (Lipinski definition) is 2. The predicted molar refractivity (Wildman–Crippen MR) is 35.3 cm³/mol. The standard InChI is InChI=1S/C5H7.2CO.Ru/c1-3-5-4-2;2*1-2;/h1,3-5H,2H3;;;. The second-order valence-electron chi connectivity index (χ2n) is 0.836. The molecule has 2 nitrogen and oxygen atoms in total. The molecule has 10 heavy (non-hydrogen) atoms. The van der Waals surface area contributed by atoms with E-state index < -0.39 is 0 Å². The maximum atomic E-state index is 7.50. The third kappa shape index (κ3) is 51.8. The van der Waals surface area contributed by atoms with Crippen molar-refractivity contribution in [1.82, 2.24) is 0 Å². The molecule has 0 aliphatic carbocycles. The second kappa shape index (κ2) is 39.5. The first-order valence-electron chi connectivity index (χ1n) is 2.19. The van der Waals surface area contributed by atoms with Crippen molar-refractivity contribution in [2.45, 2.75) is 6.92 Å². The molecule has 0 aromatic heterocycles. The SMILES string of the molecule is CC=CC=[CH][Ru].[C]=O.[C]=O. The van der Waals surface area contributed by atoms with Gasteiger partial charge in [0, 0.05) is 0 Å². The molecule has 0 aromatic rings. The summed E-state index contributed by atoms with van der Waals surface area (Å²) in [5.74, 6) is 0. The Hall–Kier alpha value is -0.557. The molecule has 0 unspecified atom stereocenters. The van der Waals surface area contributed by atoms with E-state index in [-0.39, 0.29) is 0 Å². The molecular weight excluding hydrogens is 217 g/mol. The summed E-state index contributed by atoms with van der Waals surface area (Å²) in [7, 11) is 0. The summed E-state index contributed by atoms with van der Waals surface area (Å²) in [6.45, 7) is 11.0. The molecule has 0 saturated heterocycles. The van der Waals surface area contributed by atoms with Crippen molar-refractivity contribution in [2.24, 2.45) is 0 Å². The van der Waals surface area contributed by atoms with Crippen LogP contribution in [0.4, 0.5) is 0 Å². The van der Waals surface area contributed by atoms with Crippen molar-refractivity contribution >= 4 is 13.6 Å². The molecule has 0 heterocycles. The summed E-state index contributed by atoms with van der Waals surface area (Å²) < 4.78 is 1.93. The van der Waals surface area contributed by atoms with Crippen molar-refractivity contribution in [2.75, 3.05) is 0 Å². The smallest absolute Gasteiger partial charge is 0.281 e. The Bertz CT molecular complexity index is 77.6. The zero-order valence-corrected chi connectivity index (χ0v) is 7.22. The minimum absolute atomic E-state index is 1.93. The van der Waals surface area contributed by atoms with Gasteiger partial charge in [0.2, 0.25) is 0 Å². The fourth-order valence-corrected chi connectivity index (χ4v) is 0.344. The monoisotopic (exact) mass is 225 g/mol. The van der Waals surface area contributed by atoms with Gasteiger partial charge in [0.05, 0.1) is 0 Å². The average Bonchev–Trinajstić information content (AvgIpc) is 2.08. The van der Waals surface area contributed by atoms with Crippen LogP contribution in [0.2, 0.25) is 0 Å². The number of allylic oxidation sites excluding steroid dienone is 3. The largest absolute Gasteiger partial charge is 0.281 e. The van der Waals surface area contributed by atoms with E-state index in [0.717, 1.165) is 0 Å². The van der Waals surface area contributed by atoms with Gasteiger partial charge in [-0.2, -0.15) is 0 Å². The fraction of sp³-hybridized carbons (Fsp3) is 0.143. The topological polar surface area (TPSA) is 34.1 Å². The van der Waals surface area contributed by atoms with Gasteiger partial charge in [0.25, 0.3) is 13.6 Å². The molecule has 0 aliphatic rings. The molecule has 0 bridgehead atoms. The van der Waals surface area contributed by atoms with Gasteiger partial charge >= 0.3 is 48.1 Å². The summed E-state index contributed by atoms with van der Waals surface area (Å²) in [5.41, 5.74) is 0. The zero-order valence-electron chi connectivity index (χ0n) is 5.48. The van der Waals surface area contributed by atoms with Gasteiger partial charge in [-0.1, -0.05) is 0 Å². The van der Waals surface area contributed by atoms with Crippen LogP contribution in [0.15, 0.2) is 22.9 Å². The van der Waals surface area contributed by atoms with Gasteiger partial charge in [0.15, 0.2) is 0 Å². The minimum atomic E-state index is 1.93. The summed E-state index contributed by atoms with van der Waals surface area (Å²) in [6, 6.07) is 0. The van der Waals surface area contributed by atoms with Crippen molar-refractivity contribution in [1.29, 1.82) is 0 Å². The summed E-state index contributed by atoms with van der Waals surface area (Å²) in [5, 5.41) is 0. The Morgan fingerprint density at radius 2 is 1.50 bits per heavy atom. The van der Waals surface area contributed by atoms with Gasteiger partial charge in [-0.3, -0.25) is 9.59 Å². The maximum Gasteiger partial charge on any atom is 0.281 e. The van der Waals surface area contributed by atoms with Crippen LogP contribution in [0.3, 0.4) is 0 Å². The molecule has 0 N–H and O–H groups in total. The molecule has 0 rings (SSSR count). The normalized spacial score (nSPS) is 7.80. The molecular formula is C7H7O2Ru. The van der Waals surface area contributed by atoms with Gasteiger partial charge in [-0.15, -0.1) is 0 Å². The van der Waals surface area contributed by atoms with E-state index in [0.29, 0.717) is 0 Å². The fourth-order valence-electron chi connectivity index (χ4n) is 0.150. The third-order valence-corrected chi connectivity index (χ3v) is 0.706. The third-order valence-electron chi connectivity index (χ3n) is 0.372. The average molecular weight is 224 g/mol. The Balaban J connectivity index is -0.000000105. The molecule has 0 aliphatic heterocycles. The molecule has 0 fully saturated rings. The Morgan fingerprint density at radius 3 is 1.60 bits per heavy atom. The minimum Gasteiger partial charge on any atom is -0.281 e. The Labute approximate surface area is 71.7 Å². The number of hydrogen-bond donors (Lipinski definition) is 0. The quantitative estimate of drug-likeness (QED) is 0.488. The van der Waals surface area contributed by atoms with Crippen LogP contribution >= 0.6 is 0 Å². The first-order valence-corrected chi connectivity index (χ1v) is 3.19. The summed E-state index contributed by atoms with van der Waals surface area (Å²) in [4.78, 5) is 15.0. The van der Waals surface area contributed by atoms with E-state index in [1.54, 1.807) is 0 Å². The summed E-state index contributed by atoms with van der Waals surface area (Å²) >= 11 is 2.42. The van der Waals surface area contributed by atoms with E-state index in [2.05, 4.69) is 31.9 Å². The van der Waals surface area contributed by atoms with Crippen LogP contribution in [0, 0.1) is 0 Å². The molecule has 4 radical (unpaired) electrons. The predicted octanol–water partition coefficient (Wildman–Crippen LogP) is 0.829. The van der Waals surface area contributed by atoms with E-state index in [1.165, 1.54) is 0 Å². The molecule has 55 valence electrons. The molecule has 0 saturated carbocycles. The van der Waals surface area contributed by atoms with Crippen molar-refractivity contribution in [3.05, 3.63) is 22.9 Å². The Kier molecular flexibility index (Phi) is 64.0. The van der Waals surface area contributed by atoms with Crippen molar-refractivity contribution in [3.8, 4) is 0 Å².